The molecule has 2 amide bonds. The fourth-order valence-electron chi connectivity index (χ4n) is 4.14. The predicted molar refractivity (Wildman–Crippen MR) is 121 cm³/mol. The zero-order valence-corrected chi connectivity index (χ0v) is 18.8. The minimum absolute atomic E-state index is 0.0507. The summed E-state index contributed by atoms with van der Waals surface area (Å²) in [5.74, 6) is 0.876. The molecule has 0 unspecified atom stereocenters. The van der Waals surface area contributed by atoms with Crippen LogP contribution in [0.3, 0.4) is 0 Å². The molecular formula is C26H27FN2O4. The van der Waals surface area contributed by atoms with E-state index in [0.717, 1.165) is 23.1 Å². The van der Waals surface area contributed by atoms with Crippen molar-refractivity contribution in [3.05, 3.63) is 88.6 Å². The lowest BCUT2D eigenvalue weighted by molar-refractivity contribution is -0.132. The van der Waals surface area contributed by atoms with Crippen molar-refractivity contribution in [2.24, 2.45) is 0 Å². The van der Waals surface area contributed by atoms with Crippen molar-refractivity contribution in [2.75, 3.05) is 13.1 Å². The van der Waals surface area contributed by atoms with Crippen molar-refractivity contribution in [1.82, 2.24) is 10.2 Å². The first kappa shape index (κ1) is 22.6. The Morgan fingerprint density at radius 1 is 1.12 bits per heavy atom. The summed E-state index contributed by atoms with van der Waals surface area (Å²) in [5.41, 5.74) is 2.96. The second kappa shape index (κ2) is 9.90. The first-order valence-electron chi connectivity index (χ1n) is 11.2. The van der Waals surface area contributed by atoms with Crippen molar-refractivity contribution >= 4 is 11.8 Å². The van der Waals surface area contributed by atoms with Crippen LogP contribution in [-0.4, -0.2) is 29.8 Å². The Labute approximate surface area is 192 Å². The number of fused-ring (bicyclic) bond motifs is 1. The van der Waals surface area contributed by atoms with E-state index in [0.29, 0.717) is 31.0 Å². The molecule has 0 bridgehead atoms. The van der Waals surface area contributed by atoms with E-state index < -0.39 is 0 Å². The van der Waals surface area contributed by atoms with Gasteiger partial charge in [0.05, 0.1) is 6.04 Å². The quantitative estimate of drug-likeness (QED) is 0.570. The normalized spacial score (nSPS) is 15.1. The van der Waals surface area contributed by atoms with Crippen LogP contribution in [0.5, 0.6) is 5.75 Å². The maximum atomic E-state index is 13.6. The Balaban J connectivity index is 1.59. The summed E-state index contributed by atoms with van der Waals surface area (Å²) in [5, 5.41) is 2.70. The SMILES string of the molecule is CCNC(=O)c1ccc(COc2ccc3c(c2)[C@@H](c2ccc(F)cc2)N(C(=O)CC)CC3)o1. The smallest absolute Gasteiger partial charge is 0.286 e. The maximum absolute atomic E-state index is 13.6. The van der Waals surface area contributed by atoms with Crippen molar-refractivity contribution in [2.45, 2.75) is 39.3 Å². The number of carbonyl (C=O) groups excluding carboxylic acids is 2. The summed E-state index contributed by atoms with van der Waals surface area (Å²) >= 11 is 0. The van der Waals surface area contributed by atoms with E-state index in [9.17, 15) is 14.0 Å². The third-order valence-electron chi connectivity index (χ3n) is 5.76. The number of nitrogens with one attached hydrogen (secondary N) is 1. The van der Waals surface area contributed by atoms with E-state index in [2.05, 4.69) is 5.32 Å². The highest BCUT2D eigenvalue weighted by Gasteiger charge is 2.31. The molecule has 2 aromatic carbocycles. The van der Waals surface area contributed by atoms with Crippen molar-refractivity contribution in [1.29, 1.82) is 0 Å². The van der Waals surface area contributed by atoms with Gasteiger partial charge in [-0.3, -0.25) is 9.59 Å². The molecule has 1 aliphatic heterocycles. The van der Waals surface area contributed by atoms with Gasteiger partial charge < -0.3 is 19.4 Å². The number of amides is 2. The Kier molecular flexibility index (Phi) is 6.77. The molecule has 0 saturated heterocycles. The number of benzene rings is 2. The highest BCUT2D eigenvalue weighted by Crippen LogP contribution is 2.37. The van der Waals surface area contributed by atoms with E-state index in [1.165, 1.54) is 12.1 Å². The van der Waals surface area contributed by atoms with Crippen molar-refractivity contribution in [3.8, 4) is 5.75 Å². The van der Waals surface area contributed by atoms with Crippen LogP contribution in [0.1, 0.15) is 59.3 Å². The molecule has 1 aromatic heterocycles. The molecule has 0 spiro atoms. The second-order valence-corrected chi connectivity index (χ2v) is 7.92. The summed E-state index contributed by atoms with van der Waals surface area (Å²) in [6.07, 6.45) is 1.14. The Bertz CT molecular complexity index is 1140. The molecule has 33 heavy (non-hydrogen) atoms. The van der Waals surface area contributed by atoms with Crippen LogP contribution in [-0.2, 0) is 17.8 Å². The predicted octanol–water partition coefficient (Wildman–Crippen LogP) is 4.63. The van der Waals surface area contributed by atoms with Gasteiger partial charge in [-0.15, -0.1) is 0 Å². The van der Waals surface area contributed by atoms with Gasteiger partial charge in [-0.25, -0.2) is 4.39 Å². The van der Waals surface area contributed by atoms with Crippen LogP contribution in [0.25, 0.3) is 0 Å². The van der Waals surface area contributed by atoms with Crippen LogP contribution >= 0.6 is 0 Å². The third kappa shape index (κ3) is 4.92. The van der Waals surface area contributed by atoms with Crippen LogP contribution < -0.4 is 10.1 Å². The third-order valence-corrected chi connectivity index (χ3v) is 5.76. The largest absolute Gasteiger partial charge is 0.486 e. The first-order valence-corrected chi connectivity index (χ1v) is 11.2. The molecule has 0 radical (unpaired) electrons. The number of halogens is 1. The second-order valence-electron chi connectivity index (χ2n) is 7.92. The van der Waals surface area contributed by atoms with Gasteiger partial charge in [0.2, 0.25) is 5.91 Å². The summed E-state index contributed by atoms with van der Waals surface area (Å²) in [6, 6.07) is 15.2. The molecule has 7 heteroatoms. The molecular weight excluding hydrogens is 423 g/mol. The number of hydrogen-bond donors (Lipinski definition) is 1. The lowest BCUT2D eigenvalue weighted by Gasteiger charge is -2.38. The van der Waals surface area contributed by atoms with E-state index in [-0.39, 0.29) is 36.0 Å². The highest BCUT2D eigenvalue weighted by atomic mass is 19.1. The Morgan fingerprint density at radius 3 is 2.64 bits per heavy atom. The van der Waals surface area contributed by atoms with Gasteiger partial charge >= 0.3 is 0 Å². The van der Waals surface area contributed by atoms with Gasteiger partial charge in [0.1, 0.15) is 23.9 Å². The first-order chi connectivity index (χ1) is 16.0. The van der Waals surface area contributed by atoms with Crippen LogP contribution in [0, 0.1) is 5.82 Å². The molecule has 172 valence electrons. The monoisotopic (exact) mass is 450 g/mol. The number of nitrogens with zero attached hydrogens (tertiary/aromatic N) is 1. The lowest BCUT2D eigenvalue weighted by Crippen LogP contribution is -2.40. The van der Waals surface area contributed by atoms with Crippen molar-refractivity contribution in [3.63, 3.8) is 0 Å². The molecule has 0 aliphatic carbocycles. The Morgan fingerprint density at radius 2 is 1.91 bits per heavy atom. The lowest BCUT2D eigenvalue weighted by atomic mass is 9.87. The molecule has 2 heterocycles. The summed E-state index contributed by atoms with van der Waals surface area (Å²) < 4.78 is 25.1. The van der Waals surface area contributed by atoms with Crippen LogP contribution in [0.4, 0.5) is 4.39 Å². The highest BCUT2D eigenvalue weighted by molar-refractivity contribution is 5.91. The fourth-order valence-corrected chi connectivity index (χ4v) is 4.14. The molecule has 1 atom stereocenters. The summed E-state index contributed by atoms with van der Waals surface area (Å²) in [6.45, 7) is 4.98. The van der Waals surface area contributed by atoms with Gasteiger partial charge in [0, 0.05) is 19.5 Å². The van der Waals surface area contributed by atoms with Crippen LogP contribution in [0.2, 0.25) is 0 Å². The number of carbonyl (C=O) groups is 2. The van der Waals surface area contributed by atoms with E-state index in [1.54, 1.807) is 24.3 Å². The van der Waals surface area contributed by atoms with Gasteiger partial charge in [0.25, 0.3) is 5.91 Å². The summed E-state index contributed by atoms with van der Waals surface area (Å²) in [7, 11) is 0. The minimum atomic E-state index is -0.314. The molecule has 4 rings (SSSR count). The van der Waals surface area contributed by atoms with Gasteiger partial charge in [-0.1, -0.05) is 25.1 Å². The average molecular weight is 451 g/mol. The number of furan rings is 1. The van der Waals surface area contributed by atoms with Gasteiger partial charge in [0.15, 0.2) is 5.76 Å². The van der Waals surface area contributed by atoms with Crippen molar-refractivity contribution < 1.29 is 23.1 Å². The number of ether oxygens (including phenoxy) is 1. The van der Waals surface area contributed by atoms with Gasteiger partial charge in [-0.2, -0.15) is 0 Å². The molecule has 0 fully saturated rings. The fraction of sp³-hybridized carbons (Fsp3) is 0.308. The zero-order chi connectivity index (χ0) is 23.4. The van der Waals surface area contributed by atoms with E-state index in [4.69, 9.17) is 9.15 Å². The zero-order valence-electron chi connectivity index (χ0n) is 18.8. The molecule has 0 saturated carbocycles. The van der Waals surface area contributed by atoms with Crippen LogP contribution in [0.15, 0.2) is 59.0 Å². The summed E-state index contributed by atoms with van der Waals surface area (Å²) in [4.78, 5) is 26.4. The van der Waals surface area contributed by atoms with Gasteiger partial charge in [-0.05, 0) is 66.4 Å². The average Bonchev–Trinajstić information content (AvgIpc) is 3.31. The topological polar surface area (TPSA) is 71.8 Å². The molecule has 1 aliphatic rings. The molecule has 1 N–H and O–H groups in total. The number of rotatable bonds is 7. The standard InChI is InChI=1S/C26H27FN2O4/c1-3-24(30)29-14-13-17-7-10-20(15-22(17)25(29)18-5-8-19(27)9-6-18)32-16-21-11-12-23(33-21)26(31)28-4-2/h5-12,15,25H,3-4,13-14,16H2,1-2H3,(H,28,31)/t25-/m1/s1. The molecule has 6 nitrogen and oxygen atoms in total. The Hall–Kier alpha value is -3.61. The minimum Gasteiger partial charge on any atom is -0.486 e. The molecule has 3 aromatic rings. The van der Waals surface area contributed by atoms with E-state index in [1.807, 2.05) is 36.9 Å². The number of hydrogen-bond acceptors (Lipinski definition) is 4. The maximum Gasteiger partial charge on any atom is 0.286 e. The van der Waals surface area contributed by atoms with E-state index >= 15 is 0 Å².